The predicted molar refractivity (Wildman–Crippen MR) is 75.8 cm³/mol. The smallest absolute Gasteiger partial charge is 0.261 e. The number of thiazole rings is 1. The van der Waals surface area contributed by atoms with Gasteiger partial charge < -0.3 is 10.8 Å². The summed E-state index contributed by atoms with van der Waals surface area (Å²) in [5, 5.41) is 14.2. The summed E-state index contributed by atoms with van der Waals surface area (Å²) in [6, 6.07) is 4.76. The van der Waals surface area contributed by atoms with Crippen LogP contribution in [0.4, 0.5) is 5.13 Å². The molecule has 20 heavy (non-hydrogen) atoms. The molecular weight excluding hydrogens is 278 g/mol. The monoisotopic (exact) mass is 291 g/mol. The van der Waals surface area contributed by atoms with E-state index in [4.69, 9.17) is 5.73 Å². The lowest BCUT2D eigenvalue weighted by atomic mass is 10.1. The number of nitrogens with two attached hydrogens (primary N) is 1. The number of aromatic nitrogens is 1. The second-order valence-corrected chi connectivity index (χ2v) is 5.12. The van der Waals surface area contributed by atoms with Crippen molar-refractivity contribution in [3.05, 3.63) is 40.4 Å². The van der Waals surface area contributed by atoms with E-state index in [0.29, 0.717) is 10.8 Å². The predicted octanol–water partition coefficient (Wildman–Crippen LogP) is 1.44. The number of primary amides is 1. The van der Waals surface area contributed by atoms with Crippen molar-refractivity contribution in [2.45, 2.75) is 13.3 Å². The molecule has 0 aliphatic carbocycles. The first-order chi connectivity index (χ1) is 9.45. The van der Waals surface area contributed by atoms with E-state index in [2.05, 4.69) is 10.3 Å². The minimum absolute atomic E-state index is 0.0298. The highest BCUT2D eigenvalue weighted by Gasteiger charge is 2.13. The highest BCUT2D eigenvalue weighted by atomic mass is 32.1. The summed E-state index contributed by atoms with van der Waals surface area (Å²) < 4.78 is 0. The summed E-state index contributed by atoms with van der Waals surface area (Å²) in [6.45, 7) is 1.82. The summed E-state index contributed by atoms with van der Waals surface area (Å²) >= 11 is 1.19. The van der Waals surface area contributed by atoms with Gasteiger partial charge in [0.25, 0.3) is 5.91 Å². The first-order valence-corrected chi connectivity index (χ1v) is 6.67. The Morgan fingerprint density at radius 1 is 1.45 bits per heavy atom. The average molecular weight is 291 g/mol. The summed E-state index contributed by atoms with van der Waals surface area (Å²) in [4.78, 5) is 26.9. The number of hydrogen-bond acceptors (Lipinski definition) is 5. The van der Waals surface area contributed by atoms with E-state index in [0.717, 1.165) is 5.56 Å². The Morgan fingerprint density at radius 2 is 2.20 bits per heavy atom. The molecule has 0 radical (unpaired) electrons. The Hall–Kier alpha value is -2.41. The van der Waals surface area contributed by atoms with Gasteiger partial charge in [0.2, 0.25) is 5.91 Å². The lowest BCUT2D eigenvalue weighted by Crippen LogP contribution is -2.14. The van der Waals surface area contributed by atoms with Crippen molar-refractivity contribution in [1.29, 1.82) is 0 Å². The molecule has 0 atom stereocenters. The third kappa shape index (κ3) is 3.33. The third-order valence-corrected chi connectivity index (χ3v) is 3.33. The minimum Gasteiger partial charge on any atom is -0.507 e. The van der Waals surface area contributed by atoms with Gasteiger partial charge in [0.15, 0.2) is 5.13 Å². The van der Waals surface area contributed by atoms with Crippen molar-refractivity contribution in [3.8, 4) is 5.75 Å². The van der Waals surface area contributed by atoms with E-state index < -0.39 is 11.8 Å². The van der Waals surface area contributed by atoms with Crippen molar-refractivity contribution in [2.24, 2.45) is 5.73 Å². The summed E-state index contributed by atoms with van der Waals surface area (Å²) in [5.74, 6) is -1.03. The van der Waals surface area contributed by atoms with Crippen molar-refractivity contribution in [1.82, 2.24) is 4.98 Å². The summed E-state index contributed by atoms with van der Waals surface area (Å²) in [7, 11) is 0. The zero-order valence-electron chi connectivity index (χ0n) is 10.7. The van der Waals surface area contributed by atoms with Gasteiger partial charge in [-0.1, -0.05) is 11.6 Å². The van der Waals surface area contributed by atoms with Crippen molar-refractivity contribution >= 4 is 28.3 Å². The Labute approximate surface area is 119 Å². The first kappa shape index (κ1) is 14.0. The van der Waals surface area contributed by atoms with Gasteiger partial charge in [-0.25, -0.2) is 4.98 Å². The molecule has 104 valence electrons. The lowest BCUT2D eigenvalue weighted by molar-refractivity contribution is -0.117. The van der Waals surface area contributed by atoms with E-state index >= 15 is 0 Å². The Morgan fingerprint density at radius 3 is 2.90 bits per heavy atom. The van der Waals surface area contributed by atoms with Crippen molar-refractivity contribution < 1.29 is 14.7 Å². The highest BCUT2D eigenvalue weighted by molar-refractivity contribution is 7.14. The lowest BCUT2D eigenvalue weighted by Gasteiger charge is -2.05. The largest absolute Gasteiger partial charge is 0.507 e. The molecule has 2 amide bonds. The maximum atomic E-state index is 12.0. The molecular formula is C13H13N3O3S. The van der Waals surface area contributed by atoms with Crippen LogP contribution in [-0.4, -0.2) is 21.9 Å². The standard InChI is InChI=1S/C13H13N3O3S/c1-7-2-3-10(17)9(4-7)12(19)16-13-15-8(6-20-13)5-11(14)18/h2-4,6,17H,5H2,1H3,(H2,14,18)(H,15,16,19). The zero-order valence-corrected chi connectivity index (χ0v) is 11.5. The second-order valence-electron chi connectivity index (χ2n) is 4.26. The number of aryl methyl sites for hydroxylation is 1. The van der Waals surface area contributed by atoms with Gasteiger partial charge in [-0.2, -0.15) is 0 Å². The molecule has 0 fully saturated rings. The maximum Gasteiger partial charge on any atom is 0.261 e. The number of phenols is 1. The van der Waals surface area contributed by atoms with Crippen LogP contribution in [0.15, 0.2) is 23.6 Å². The molecule has 6 nitrogen and oxygen atoms in total. The summed E-state index contributed by atoms with van der Waals surface area (Å²) in [6.07, 6.45) is 0.0298. The first-order valence-electron chi connectivity index (χ1n) is 5.79. The van der Waals surface area contributed by atoms with Crippen LogP contribution in [0.25, 0.3) is 0 Å². The number of amides is 2. The maximum absolute atomic E-state index is 12.0. The fourth-order valence-corrected chi connectivity index (χ4v) is 2.33. The molecule has 1 heterocycles. The average Bonchev–Trinajstić information content (AvgIpc) is 2.78. The molecule has 0 aliphatic heterocycles. The number of rotatable bonds is 4. The minimum atomic E-state index is -0.482. The van der Waals surface area contributed by atoms with Crippen LogP contribution in [0, 0.1) is 6.92 Å². The number of phenolic OH excluding ortho intramolecular Hbond substituents is 1. The van der Waals surface area contributed by atoms with Crippen LogP contribution < -0.4 is 11.1 Å². The van der Waals surface area contributed by atoms with Crippen molar-refractivity contribution in [2.75, 3.05) is 5.32 Å². The SMILES string of the molecule is Cc1ccc(O)c(C(=O)Nc2nc(CC(N)=O)cs2)c1. The number of anilines is 1. The third-order valence-electron chi connectivity index (χ3n) is 2.52. The molecule has 1 aromatic carbocycles. The number of hydrogen-bond donors (Lipinski definition) is 3. The molecule has 4 N–H and O–H groups in total. The molecule has 0 saturated heterocycles. The Kier molecular flexibility index (Phi) is 3.99. The van der Waals surface area contributed by atoms with E-state index in [9.17, 15) is 14.7 Å². The van der Waals surface area contributed by atoms with Gasteiger partial charge in [-0.05, 0) is 19.1 Å². The number of carbonyl (C=O) groups excluding carboxylic acids is 2. The molecule has 0 spiro atoms. The Bertz CT molecular complexity index is 667. The van der Waals surface area contributed by atoms with Gasteiger partial charge in [0, 0.05) is 5.38 Å². The quantitative estimate of drug-likeness (QED) is 0.792. The topological polar surface area (TPSA) is 105 Å². The van der Waals surface area contributed by atoms with Gasteiger partial charge in [-0.15, -0.1) is 11.3 Å². The van der Waals surface area contributed by atoms with Crippen LogP contribution in [0.3, 0.4) is 0 Å². The van der Waals surface area contributed by atoms with Gasteiger partial charge >= 0.3 is 0 Å². The summed E-state index contributed by atoms with van der Waals surface area (Å²) in [5.41, 5.74) is 6.61. The number of aromatic hydroxyl groups is 1. The molecule has 7 heteroatoms. The zero-order chi connectivity index (χ0) is 14.7. The number of carbonyl (C=O) groups is 2. The van der Waals surface area contributed by atoms with Gasteiger partial charge in [0.1, 0.15) is 5.75 Å². The molecule has 0 saturated carbocycles. The van der Waals surface area contributed by atoms with Crippen LogP contribution in [0.1, 0.15) is 21.6 Å². The van der Waals surface area contributed by atoms with Crippen molar-refractivity contribution in [3.63, 3.8) is 0 Å². The van der Waals surface area contributed by atoms with E-state index in [1.165, 1.54) is 17.4 Å². The van der Waals surface area contributed by atoms with Crippen LogP contribution in [-0.2, 0) is 11.2 Å². The molecule has 2 aromatic rings. The molecule has 0 aliphatic rings. The fourth-order valence-electron chi connectivity index (χ4n) is 1.62. The highest BCUT2D eigenvalue weighted by Crippen LogP contribution is 2.21. The van der Waals surface area contributed by atoms with Crippen LogP contribution >= 0.6 is 11.3 Å². The number of nitrogens with one attached hydrogen (secondary N) is 1. The molecule has 2 rings (SSSR count). The number of benzene rings is 1. The van der Waals surface area contributed by atoms with Crippen LogP contribution in [0.2, 0.25) is 0 Å². The second kappa shape index (κ2) is 5.70. The molecule has 1 aromatic heterocycles. The van der Waals surface area contributed by atoms with E-state index in [-0.39, 0.29) is 17.7 Å². The molecule has 0 bridgehead atoms. The van der Waals surface area contributed by atoms with E-state index in [1.807, 2.05) is 6.92 Å². The van der Waals surface area contributed by atoms with Gasteiger partial charge in [-0.3, -0.25) is 14.9 Å². The fraction of sp³-hybridized carbons (Fsp3) is 0.154. The van der Waals surface area contributed by atoms with E-state index in [1.54, 1.807) is 17.5 Å². The molecule has 0 unspecified atom stereocenters. The Balaban J connectivity index is 2.13. The van der Waals surface area contributed by atoms with Crippen LogP contribution in [0.5, 0.6) is 5.75 Å². The number of nitrogens with zero attached hydrogens (tertiary/aromatic N) is 1. The normalized spacial score (nSPS) is 10.2. The van der Waals surface area contributed by atoms with Gasteiger partial charge in [0.05, 0.1) is 17.7 Å².